The number of hydrogen-bond donors (Lipinski definition) is 3. The highest BCUT2D eigenvalue weighted by atomic mass is 16.2. The Kier molecular flexibility index (Phi) is 3.68. The first-order chi connectivity index (χ1) is 10.5. The van der Waals surface area contributed by atoms with Gasteiger partial charge in [-0.15, -0.1) is 0 Å². The molecule has 2 aliphatic rings. The molecule has 2 unspecified atom stereocenters. The fraction of sp³-hybridized carbons (Fsp3) is 0.529. The molecule has 1 heterocycles. The lowest BCUT2D eigenvalue weighted by Crippen LogP contribution is -2.53. The standard InChI is InChI=1S/C17H23N3O2/c1-16(15(18)22,12-5-3-2-4-6-12)20-14(21)13-11-17(13)7-9-19-10-8-17/h2-6,13,19H,7-11H2,1H3,(H2,18,22)(H,20,21). The summed E-state index contributed by atoms with van der Waals surface area (Å²) in [4.78, 5) is 24.6. The Hall–Kier alpha value is -1.88. The molecular formula is C17H23N3O2. The second-order valence-electron chi connectivity index (χ2n) is 6.71. The summed E-state index contributed by atoms with van der Waals surface area (Å²) in [6.07, 6.45) is 2.98. The summed E-state index contributed by atoms with van der Waals surface area (Å²) in [5.74, 6) is -0.573. The van der Waals surface area contributed by atoms with Crippen molar-refractivity contribution in [3.05, 3.63) is 35.9 Å². The van der Waals surface area contributed by atoms with Gasteiger partial charge in [-0.25, -0.2) is 0 Å². The van der Waals surface area contributed by atoms with Crippen molar-refractivity contribution >= 4 is 11.8 Å². The van der Waals surface area contributed by atoms with Gasteiger partial charge in [-0.2, -0.15) is 0 Å². The Morgan fingerprint density at radius 3 is 2.50 bits per heavy atom. The molecule has 1 aliphatic heterocycles. The third kappa shape index (κ3) is 2.50. The van der Waals surface area contributed by atoms with Crippen LogP contribution in [0.4, 0.5) is 0 Å². The number of carbonyl (C=O) groups is 2. The van der Waals surface area contributed by atoms with E-state index >= 15 is 0 Å². The molecule has 2 fully saturated rings. The molecule has 5 nitrogen and oxygen atoms in total. The zero-order valence-electron chi connectivity index (χ0n) is 12.9. The molecule has 1 aliphatic carbocycles. The molecule has 1 spiro atoms. The third-order valence-electron chi connectivity index (χ3n) is 5.32. The highest BCUT2D eigenvalue weighted by Crippen LogP contribution is 2.58. The van der Waals surface area contributed by atoms with Gasteiger partial charge in [-0.1, -0.05) is 30.3 Å². The Balaban J connectivity index is 1.75. The van der Waals surface area contributed by atoms with E-state index in [1.807, 2.05) is 30.3 Å². The van der Waals surface area contributed by atoms with Crippen LogP contribution in [0.3, 0.4) is 0 Å². The molecule has 1 saturated carbocycles. The summed E-state index contributed by atoms with van der Waals surface area (Å²) in [7, 11) is 0. The van der Waals surface area contributed by atoms with E-state index in [9.17, 15) is 9.59 Å². The maximum absolute atomic E-state index is 12.6. The molecule has 1 aromatic carbocycles. The largest absolute Gasteiger partial charge is 0.367 e. The van der Waals surface area contributed by atoms with E-state index in [1.54, 1.807) is 6.92 Å². The third-order valence-corrected chi connectivity index (χ3v) is 5.32. The van der Waals surface area contributed by atoms with Crippen LogP contribution in [0.15, 0.2) is 30.3 Å². The summed E-state index contributed by atoms with van der Waals surface area (Å²) in [6.45, 7) is 3.62. The first-order valence-corrected chi connectivity index (χ1v) is 7.86. The van der Waals surface area contributed by atoms with Crippen molar-refractivity contribution in [3.63, 3.8) is 0 Å². The zero-order chi connectivity index (χ0) is 15.8. The van der Waals surface area contributed by atoms with Gasteiger partial charge in [-0.05, 0) is 50.3 Å². The maximum Gasteiger partial charge on any atom is 0.247 e. The Morgan fingerprint density at radius 1 is 1.27 bits per heavy atom. The van der Waals surface area contributed by atoms with Crippen molar-refractivity contribution in [1.82, 2.24) is 10.6 Å². The molecule has 22 heavy (non-hydrogen) atoms. The van der Waals surface area contributed by atoms with Crippen molar-refractivity contribution in [2.75, 3.05) is 13.1 Å². The van der Waals surface area contributed by atoms with Gasteiger partial charge in [0.15, 0.2) is 0 Å². The number of benzene rings is 1. The quantitative estimate of drug-likeness (QED) is 0.772. The number of piperidine rings is 1. The maximum atomic E-state index is 12.6. The highest BCUT2D eigenvalue weighted by Gasteiger charge is 2.58. The van der Waals surface area contributed by atoms with Crippen LogP contribution in [0.25, 0.3) is 0 Å². The molecule has 0 aromatic heterocycles. The van der Waals surface area contributed by atoms with Crippen molar-refractivity contribution in [2.45, 2.75) is 31.7 Å². The zero-order valence-corrected chi connectivity index (χ0v) is 12.9. The van der Waals surface area contributed by atoms with E-state index in [1.165, 1.54) is 0 Å². The van der Waals surface area contributed by atoms with E-state index in [0.717, 1.165) is 37.9 Å². The van der Waals surface area contributed by atoms with Crippen LogP contribution in [0.5, 0.6) is 0 Å². The Morgan fingerprint density at radius 2 is 1.91 bits per heavy atom. The normalized spacial score (nSPS) is 25.2. The van der Waals surface area contributed by atoms with Crippen LogP contribution >= 0.6 is 0 Å². The van der Waals surface area contributed by atoms with Gasteiger partial charge in [-0.3, -0.25) is 9.59 Å². The minimum atomic E-state index is -1.16. The monoisotopic (exact) mass is 301 g/mol. The van der Waals surface area contributed by atoms with Gasteiger partial charge in [0.05, 0.1) is 0 Å². The molecule has 2 atom stereocenters. The summed E-state index contributed by atoms with van der Waals surface area (Å²) in [5, 5.41) is 6.24. The number of carbonyl (C=O) groups excluding carboxylic acids is 2. The number of primary amides is 1. The minimum Gasteiger partial charge on any atom is -0.367 e. The number of hydrogen-bond acceptors (Lipinski definition) is 3. The van der Waals surface area contributed by atoms with E-state index in [-0.39, 0.29) is 17.2 Å². The molecule has 0 radical (unpaired) electrons. The number of rotatable bonds is 4. The predicted octanol–water partition coefficient (Wildman–Crippen LogP) is 0.893. The smallest absolute Gasteiger partial charge is 0.247 e. The number of nitrogens with two attached hydrogens (primary N) is 1. The molecule has 4 N–H and O–H groups in total. The molecule has 1 aromatic rings. The summed E-state index contributed by atoms with van der Waals surface area (Å²) >= 11 is 0. The molecule has 0 bridgehead atoms. The summed E-state index contributed by atoms with van der Waals surface area (Å²) in [6, 6.07) is 9.19. The van der Waals surface area contributed by atoms with Crippen molar-refractivity contribution < 1.29 is 9.59 Å². The SMILES string of the molecule is CC(NC(=O)C1CC12CCNCC2)(C(N)=O)c1ccccc1. The fourth-order valence-electron chi connectivity index (χ4n) is 3.58. The van der Waals surface area contributed by atoms with Crippen LogP contribution in [-0.2, 0) is 15.1 Å². The van der Waals surface area contributed by atoms with Crippen molar-refractivity contribution in [1.29, 1.82) is 0 Å². The Bertz CT molecular complexity index is 581. The first kappa shape index (κ1) is 15.0. The molecule has 118 valence electrons. The van der Waals surface area contributed by atoms with E-state index in [0.29, 0.717) is 0 Å². The minimum absolute atomic E-state index is 0.0111. The second kappa shape index (κ2) is 5.39. The van der Waals surface area contributed by atoms with E-state index < -0.39 is 11.4 Å². The Labute approximate surface area is 130 Å². The fourth-order valence-corrected chi connectivity index (χ4v) is 3.58. The van der Waals surface area contributed by atoms with Gasteiger partial charge in [0.2, 0.25) is 11.8 Å². The topological polar surface area (TPSA) is 84.2 Å². The van der Waals surface area contributed by atoms with Crippen LogP contribution < -0.4 is 16.4 Å². The molecule has 3 rings (SSSR count). The number of nitrogens with one attached hydrogen (secondary N) is 2. The lowest BCUT2D eigenvalue weighted by atomic mass is 9.89. The van der Waals surface area contributed by atoms with Gasteiger partial charge >= 0.3 is 0 Å². The van der Waals surface area contributed by atoms with Gasteiger partial charge in [0, 0.05) is 5.92 Å². The van der Waals surface area contributed by atoms with Gasteiger partial charge in [0.25, 0.3) is 0 Å². The second-order valence-corrected chi connectivity index (χ2v) is 6.71. The van der Waals surface area contributed by atoms with E-state index in [2.05, 4.69) is 10.6 Å². The van der Waals surface area contributed by atoms with E-state index in [4.69, 9.17) is 5.73 Å². The molecule has 5 heteroatoms. The molecular weight excluding hydrogens is 278 g/mol. The van der Waals surface area contributed by atoms with Gasteiger partial charge < -0.3 is 16.4 Å². The molecule has 2 amide bonds. The lowest BCUT2D eigenvalue weighted by Gasteiger charge is -2.29. The summed E-state index contributed by atoms with van der Waals surface area (Å²) in [5.41, 5.74) is 5.28. The van der Waals surface area contributed by atoms with Crippen LogP contribution in [0.1, 0.15) is 31.7 Å². The van der Waals surface area contributed by atoms with Gasteiger partial charge in [0.1, 0.15) is 5.54 Å². The van der Waals surface area contributed by atoms with Crippen molar-refractivity contribution in [3.8, 4) is 0 Å². The number of amides is 2. The average molecular weight is 301 g/mol. The van der Waals surface area contributed by atoms with Crippen LogP contribution in [0.2, 0.25) is 0 Å². The highest BCUT2D eigenvalue weighted by molar-refractivity contribution is 5.93. The van der Waals surface area contributed by atoms with Crippen LogP contribution in [0, 0.1) is 11.3 Å². The molecule has 1 saturated heterocycles. The van der Waals surface area contributed by atoms with Crippen molar-refractivity contribution in [2.24, 2.45) is 17.1 Å². The average Bonchev–Trinajstić information content (AvgIpc) is 3.22. The first-order valence-electron chi connectivity index (χ1n) is 7.86. The summed E-state index contributed by atoms with van der Waals surface area (Å²) < 4.78 is 0. The van der Waals surface area contributed by atoms with Crippen LogP contribution in [-0.4, -0.2) is 24.9 Å². The lowest BCUT2D eigenvalue weighted by molar-refractivity contribution is -0.132. The predicted molar refractivity (Wildman–Crippen MR) is 83.8 cm³/mol.